The van der Waals surface area contributed by atoms with Crippen LogP contribution in [0.5, 0.6) is 0 Å². The van der Waals surface area contributed by atoms with Crippen LogP contribution < -0.4 is 9.80 Å². The number of pyridine rings is 1. The van der Waals surface area contributed by atoms with Crippen molar-refractivity contribution in [3.63, 3.8) is 0 Å². The number of anilines is 2. The number of halogens is 1. The van der Waals surface area contributed by atoms with E-state index in [0.717, 1.165) is 22.4 Å². The molecule has 10 heteroatoms. The first-order chi connectivity index (χ1) is 15.3. The van der Waals surface area contributed by atoms with Crippen LogP contribution in [0.4, 0.5) is 11.5 Å². The highest BCUT2D eigenvalue weighted by atomic mass is 35.5. The lowest BCUT2D eigenvalue weighted by Crippen LogP contribution is -2.63. The molecule has 1 aliphatic rings. The lowest BCUT2D eigenvalue weighted by molar-refractivity contribution is -0.135. The number of aliphatic carboxylic acids is 1. The molecular weight excluding hydrogens is 448 g/mol. The van der Waals surface area contributed by atoms with Gasteiger partial charge >= 0.3 is 5.97 Å². The molecular formula is C22H23ClN6O2S. The van der Waals surface area contributed by atoms with Gasteiger partial charge in [-0.1, -0.05) is 6.07 Å². The van der Waals surface area contributed by atoms with Crippen molar-refractivity contribution in [1.29, 1.82) is 0 Å². The second-order valence-electron chi connectivity index (χ2n) is 8.18. The van der Waals surface area contributed by atoms with Gasteiger partial charge in [0.2, 0.25) is 5.28 Å². The summed E-state index contributed by atoms with van der Waals surface area (Å²) < 4.78 is 0. The summed E-state index contributed by atoms with van der Waals surface area (Å²) in [6.45, 7) is 5.81. The predicted molar refractivity (Wildman–Crippen MR) is 129 cm³/mol. The number of carboxylic acids is 1. The van der Waals surface area contributed by atoms with Gasteiger partial charge in [0.25, 0.3) is 0 Å². The summed E-state index contributed by atoms with van der Waals surface area (Å²) in [5.74, 6) is -0.204. The molecule has 4 rings (SSSR count). The lowest BCUT2D eigenvalue weighted by Gasteiger charge is -2.49. The predicted octanol–water partition coefficient (Wildman–Crippen LogP) is 3.45. The maximum absolute atomic E-state index is 11.7. The number of rotatable bonds is 4. The summed E-state index contributed by atoms with van der Waals surface area (Å²) in [7, 11) is 0. The summed E-state index contributed by atoms with van der Waals surface area (Å²) in [5, 5.41) is 11.1. The fourth-order valence-electron chi connectivity index (χ4n) is 4.10. The highest BCUT2D eigenvalue weighted by Crippen LogP contribution is 2.30. The third-order valence-electron chi connectivity index (χ3n) is 5.50. The monoisotopic (exact) mass is 470 g/mol. The molecule has 0 amide bonds. The molecule has 0 aliphatic carbocycles. The lowest BCUT2D eigenvalue weighted by atomic mass is 9.99. The average molecular weight is 471 g/mol. The molecule has 0 unspecified atom stereocenters. The Balaban J connectivity index is 1.63. The normalized spacial score (nSPS) is 15.6. The van der Waals surface area contributed by atoms with Crippen LogP contribution in [0.1, 0.15) is 13.8 Å². The first-order valence-electron chi connectivity index (χ1n) is 10.1. The van der Waals surface area contributed by atoms with Crippen LogP contribution in [0.15, 0.2) is 48.8 Å². The van der Waals surface area contributed by atoms with Gasteiger partial charge in [0.15, 0.2) is 5.11 Å². The molecule has 8 nitrogen and oxygen atoms in total. The van der Waals surface area contributed by atoms with Crippen LogP contribution in [0.2, 0.25) is 5.28 Å². The van der Waals surface area contributed by atoms with Crippen LogP contribution in [0.25, 0.3) is 10.9 Å². The highest BCUT2D eigenvalue weighted by molar-refractivity contribution is 7.80. The minimum Gasteiger partial charge on any atom is -0.480 e. The number of thiocarbonyl (C=S) groups is 1. The van der Waals surface area contributed by atoms with Crippen molar-refractivity contribution in [3.8, 4) is 0 Å². The second-order valence-corrected chi connectivity index (χ2v) is 8.88. The smallest absolute Gasteiger partial charge is 0.323 e. The minimum atomic E-state index is -0.957. The zero-order valence-electron chi connectivity index (χ0n) is 17.8. The highest BCUT2D eigenvalue weighted by Gasteiger charge is 2.37. The van der Waals surface area contributed by atoms with E-state index in [1.54, 1.807) is 17.3 Å². The van der Waals surface area contributed by atoms with Gasteiger partial charge in [-0.25, -0.2) is 9.97 Å². The Morgan fingerprint density at radius 1 is 1.19 bits per heavy atom. The van der Waals surface area contributed by atoms with Gasteiger partial charge < -0.3 is 19.8 Å². The largest absolute Gasteiger partial charge is 0.480 e. The molecule has 32 heavy (non-hydrogen) atoms. The fraction of sp³-hybridized carbons (Fsp3) is 0.318. The quantitative estimate of drug-likeness (QED) is 0.455. The molecule has 1 fully saturated rings. The number of benzene rings is 1. The molecule has 1 saturated heterocycles. The first-order valence-corrected chi connectivity index (χ1v) is 10.9. The SMILES string of the molecule is CC1(C)CN(C(=S)N(CC(=O)O)c2cccc3ncccc23)CCN1c1ccnc(Cl)n1. The Bertz CT molecular complexity index is 1170. The van der Waals surface area contributed by atoms with E-state index < -0.39 is 5.97 Å². The van der Waals surface area contributed by atoms with E-state index in [1.807, 2.05) is 41.3 Å². The summed E-state index contributed by atoms with van der Waals surface area (Å²) >= 11 is 11.8. The number of nitrogens with zero attached hydrogens (tertiary/aromatic N) is 6. The zero-order valence-corrected chi connectivity index (χ0v) is 19.3. The summed E-state index contributed by atoms with van der Waals surface area (Å²) in [5.41, 5.74) is 1.19. The number of fused-ring (bicyclic) bond motifs is 1. The summed E-state index contributed by atoms with van der Waals surface area (Å²) in [6.07, 6.45) is 3.36. The number of piperazine rings is 1. The van der Waals surface area contributed by atoms with E-state index in [1.165, 1.54) is 0 Å². The van der Waals surface area contributed by atoms with Gasteiger partial charge in [-0.2, -0.15) is 0 Å². The van der Waals surface area contributed by atoms with E-state index in [2.05, 4.69) is 33.7 Å². The Morgan fingerprint density at radius 3 is 2.72 bits per heavy atom. The van der Waals surface area contributed by atoms with Gasteiger partial charge in [0, 0.05) is 37.4 Å². The van der Waals surface area contributed by atoms with Crippen molar-refractivity contribution in [2.24, 2.45) is 0 Å². The maximum Gasteiger partial charge on any atom is 0.323 e. The third-order valence-corrected chi connectivity index (χ3v) is 6.16. The Labute approximate surface area is 196 Å². The van der Waals surface area contributed by atoms with E-state index in [0.29, 0.717) is 24.7 Å². The van der Waals surface area contributed by atoms with Gasteiger partial charge in [-0.15, -0.1) is 0 Å². The first kappa shape index (κ1) is 22.2. The minimum absolute atomic E-state index is 0.202. The third kappa shape index (κ3) is 4.44. The van der Waals surface area contributed by atoms with Crippen LogP contribution in [0, 0.1) is 0 Å². The van der Waals surface area contributed by atoms with Crippen LogP contribution >= 0.6 is 23.8 Å². The van der Waals surface area contributed by atoms with Crippen molar-refractivity contribution >= 4 is 57.3 Å². The van der Waals surface area contributed by atoms with E-state index in [9.17, 15) is 9.90 Å². The number of hydrogen-bond acceptors (Lipinski definition) is 6. The van der Waals surface area contributed by atoms with Gasteiger partial charge in [-0.3, -0.25) is 9.78 Å². The maximum atomic E-state index is 11.7. The molecule has 0 radical (unpaired) electrons. The molecule has 1 aliphatic heterocycles. The van der Waals surface area contributed by atoms with Crippen molar-refractivity contribution in [1.82, 2.24) is 19.9 Å². The molecule has 2 aromatic heterocycles. The molecule has 0 atom stereocenters. The number of aromatic nitrogens is 3. The molecule has 3 heterocycles. The van der Waals surface area contributed by atoms with Crippen molar-refractivity contribution in [3.05, 3.63) is 54.1 Å². The molecule has 3 aromatic rings. The van der Waals surface area contributed by atoms with Crippen molar-refractivity contribution in [2.45, 2.75) is 19.4 Å². The van der Waals surface area contributed by atoms with Crippen LogP contribution in [-0.2, 0) is 4.79 Å². The van der Waals surface area contributed by atoms with Gasteiger partial charge in [-0.05, 0) is 68.0 Å². The average Bonchev–Trinajstić information content (AvgIpc) is 2.76. The Morgan fingerprint density at radius 2 is 2.00 bits per heavy atom. The van der Waals surface area contributed by atoms with Gasteiger partial charge in [0.05, 0.1) is 16.7 Å². The van der Waals surface area contributed by atoms with Crippen molar-refractivity contribution < 1.29 is 9.90 Å². The standard InChI is InChI=1S/C22H23ClN6O2S/c1-22(2)14-27(11-12-29(22)18-8-10-25-20(23)26-18)21(32)28(13-19(30)31)17-7-3-6-16-15(17)5-4-9-24-16/h3-10H,11-14H2,1-2H3,(H,30,31). The van der Waals surface area contributed by atoms with Crippen LogP contribution in [-0.4, -0.2) is 67.8 Å². The number of hydrogen-bond donors (Lipinski definition) is 1. The van der Waals surface area contributed by atoms with E-state index in [4.69, 9.17) is 23.8 Å². The van der Waals surface area contributed by atoms with Crippen molar-refractivity contribution in [2.75, 3.05) is 36.0 Å². The topological polar surface area (TPSA) is 85.7 Å². The number of carbonyl (C=O) groups is 1. The van der Waals surface area contributed by atoms with E-state index >= 15 is 0 Å². The molecule has 1 N–H and O–H groups in total. The fourth-order valence-corrected chi connectivity index (χ4v) is 4.57. The Kier molecular flexibility index (Phi) is 6.12. The van der Waals surface area contributed by atoms with Crippen LogP contribution in [0.3, 0.4) is 0 Å². The van der Waals surface area contributed by atoms with E-state index in [-0.39, 0.29) is 17.4 Å². The number of carboxylic acid groups (broad SMARTS) is 1. The summed E-state index contributed by atoms with van der Waals surface area (Å²) in [4.78, 5) is 30.3. The zero-order chi connectivity index (χ0) is 22.9. The molecule has 0 bridgehead atoms. The molecule has 166 valence electrons. The Hall–Kier alpha value is -3.04. The second kappa shape index (κ2) is 8.84. The summed E-state index contributed by atoms with van der Waals surface area (Å²) in [6, 6.07) is 11.2. The molecule has 0 spiro atoms. The molecule has 0 saturated carbocycles. The molecule has 1 aromatic carbocycles. The van der Waals surface area contributed by atoms with Gasteiger partial charge in [0.1, 0.15) is 12.4 Å².